The minimum Gasteiger partial charge on any atom is -0.310 e. The quantitative estimate of drug-likeness (QED) is 0.871. The first-order valence-corrected chi connectivity index (χ1v) is 8.48. The van der Waals surface area contributed by atoms with E-state index >= 15 is 0 Å². The molecule has 2 unspecified atom stereocenters. The first-order valence-electron chi connectivity index (χ1n) is 7.68. The van der Waals surface area contributed by atoms with Crippen LogP contribution in [-0.2, 0) is 13.1 Å². The normalized spacial score (nSPS) is 23.7. The van der Waals surface area contributed by atoms with Crippen LogP contribution >= 0.6 is 15.9 Å². The zero-order chi connectivity index (χ0) is 14.7. The molecule has 0 saturated carbocycles. The van der Waals surface area contributed by atoms with Gasteiger partial charge in [-0.05, 0) is 29.0 Å². The van der Waals surface area contributed by atoms with Crippen LogP contribution in [0, 0.1) is 11.8 Å². The number of hydrogen-bond acceptors (Lipinski definition) is 2. The smallest absolute Gasteiger partial charge is 0.0245 e. The summed E-state index contributed by atoms with van der Waals surface area (Å²) in [4.78, 5) is 2.57. The third kappa shape index (κ3) is 4.31. The Balaban J connectivity index is 1.96. The lowest BCUT2D eigenvalue weighted by atomic mass is 10.0. The van der Waals surface area contributed by atoms with Gasteiger partial charge >= 0.3 is 0 Å². The van der Waals surface area contributed by atoms with E-state index in [9.17, 15) is 0 Å². The molecule has 1 N–H and O–H groups in total. The summed E-state index contributed by atoms with van der Waals surface area (Å²) in [7, 11) is 0. The number of halogens is 1. The van der Waals surface area contributed by atoms with Gasteiger partial charge in [0.1, 0.15) is 0 Å². The highest BCUT2D eigenvalue weighted by atomic mass is 79.9. The molecule has 2 atom stereocenters. The van der Waals surface area contributed by atoms with E-state index in [4.69, 9.17) is 0 Å². The summed E-state index contributed by atoms with van der Waals surface area (Å²) in [6, 6.07) is 7.31. The Morgan fingerprint density at radius 2 is 1.90 bits per heavy atom. The van der Waals surface area contributed by atoms with Gasteiger partial charge < -0.3 is 5.32 Å². The van der Waals surface area contributed by atoms with E-state index in [0.29, 0.717) is 6.04 Å². The molecule has 20 heavy (non-hydrogen) atoms. The molecule has 0 spiro atoms. The van der Waals surface area contributed by atoms with Crippen LogP contribution in [0.25, 0.3) is 0 Å². The van der Waals surface area contributed by atoms with E-state index in [0.717, 1.165) is 24.9 Å². The summed E-state index contributed by atoms with van der Waals surface area (Å²) in [6.07, 6.45) is 0. The van der Waals surface area contributed by atoms with Gasteiger partial charge in [-0.1, -0.05) is 55.8 Å². The van der Waals surface area contributed by atoms with Crippen LogP contribution in [0.2, 0.25) is 0 Å². The third-order valence-electron chi connectivity index (χ3n) is 4.29. The summed E-state index contributed by atoms with van der Waals surface area (Å²) in [5.41, 5.74) is 2.75. The molecule has 0 bridgehead atoms. The second-order valence-corrected chi connectivity index (χ2v) is 7.46. The molecule has 1 heterocycles. The zero-order valence-corrected chi connectivity index (χ0v) is 14.7. The van der Waals surface area contributed by atoms with Gasteiger partial charge in [-0.2, -0.15) is 0 Å². The molecule has 1 saturated heterocycles. The fourth-order valence-corrected chi connectivity index (χ4v) is 3.32. The standard InChI is InChI=1S/C17H27BrN2/c1-12(2)19-8-15-5-6-16(17(18)7-15)11-20-9-13(3)14(4)10-20/h5-7,12-14,19H,8-11H2,1-4H3. The van der Waals surface area contributed by atoms with E-state index in [-0.39, 0.29) is 0 Å². The first kappa shape index (κ1) is 16.0. The fraction of sp³-hybridized carbons (Fsp3) is 0.647. The second-order valence-electron chi connectivity index (χ2n) is 6.61. The number of rotatable bonds is 5. The van der Waals surface area contributed by atoms with Crippen molar-refractivity contribution in [1.82, 2.24) is 10.2 Å². The fourth-order valence-electron chi connectivity index (χ4n) is 2.77. The van der Waals surface area contributed by atoms with Crippen LogP contribution in [0.1, 0.15) is 38.8 Å². The van der Waals surface area contributed by atoms with E-state index in [1.165, 1.54) is 28.7 Å². The van der Waals surface area contributed by atoms with Gasteiger partial charge in [0, 0.05) is 36.7 Å². The summed E-state index contributed by atoms with van der Waals surface area (Å²) in [5, 5.41) is 3.46. The van der Waals surface area contributed by atoms with Crippen molar-refractivity contribution in [2.45, 2.75) is 46.8 Å². The van der Waals surface area contributed by atoms with Gasteiger partial charge in [0.15, 0.2) is 0 Å². The topological polar surface area (TPSA) is 15.3 Å². The molecule has 0 radical (unpaired) electrons. The predicted octanol–water partition coefficient (Wildman–Crippen LogP) is 4.03. The number of likely N-dealkylation sites (tertiary alicyclic amines) is 1. The van der Waals surface area contributed by atoms with Crippen molar-refractivity contribution in [3.05, 3.63) is 33.8 Å². The zero-order valence-electron chi connectivity index (χ0n) is 13.1. The molecule has 1 fully saturated rings. The van der Waals surface area contributed by atoms with Crippen LogP contribution in [0.5, 0.6) is 0 Å². The number of nitrogens with one attached hydrogen (secondary N) is 1. The molecule has 1 aliphatic heterocycles. The molecule has 1 aromatic carbocycles. The van der Waals surface area contributed by atoms with Crippen LogP contribution in [0.4, 0.5) is 0 Å². The molecule has 112 valence electrons. The van der Waals surface area contributed by atoms with Gasteiger partial charge in [0.25, 0.3) is 0 Å². The average Bonchev–Trinajstić information content (AvgIpc) is 2.69. The lowest BCUT2D eigenvalue weighted by molar-refractivity contribution is 0.315. The minimum absolute atomic E-state index is 0.529. The summed E-state index contributed by atoms with van der Waals surface area (Å²) >= 11 is 3.74. The van der Waals surface area contributed by atoms with Crippen LogP contribution < -0.4 is 5.32 Å². The van der Waals surface area contributed by atoms with Gasteiger partial charge in [-0.15, -0.1) is 0 Å². The molecular weight excluding hydrogens is 312 g/mol. The first-order chi connectivity index (χ1) is 9.45. The van der Waals surface area contributed by atoms with Crippen LogP contribution in [-0.4, -0.2) is 24.0 Å². The Kier molecular flexibility index (Phi) is 5.65. The van der Waals surface area contributed by atoms with Crippen molar-refractivity contribution < 1.29 is 0 Å². The van der Waals surface area contributed by atoms with E-state index in [1.807, 2.05) is 0 Å². The highest BCUT2D eigenvalue weighted by molar-refractivity contribution is 9.10. The third-order valence-corrected chi connectivity index (χ3v) is 5.03. The molecule has 3 heteroatoms. The number of nitrogens with zero attached hydrogens (tertiary/aromatic N) is 1. The van der Waals surface area contributed by atoms with Crippen molar-refractivity contribution in [3.63, 3.8) is 0 Å². The molecule has 2 nitrogen and oxygen atoms in total. The van der Waals surface area contributed by atoms with E-state index < -0.39 is 0 Å². The Morgan fingerprint density at radius 3 is 2.45 bits per heavy atom. The molecule has 2 rings (SSSR count). The molecule has 0 aliphatic carbocycles. The predicted molar refractivity (Wildman–Crippen MR) is 89.7 cm³/mol. The second kappa shape index (κ2) is 7.06. The monoisotopic (exact) mass is 338 g/mol. The number of benzene rings is 1. The van der Waals surface area contributed by atoms with Gasteiger partial charge in [0.2, 0.25) is 0 Å². The van der Waals surface area contributed by atoms with Crippen molar-refractivity contribution >= 4 is 15.9 Å². The van der Waals surface area contributed by atoms with Crippen molar-refractivity contribution in [1.29, 1.82) is 0 Å². The molecule has 1 aliphatic rings. The molecular formula is C17H27BrN2. The van der Waals surface area contributed by atoms with Crippen molar-refractivity contribution in [2.75, 3.05) is 13.1 Å². The Hall–Kier alpha value is -0.380. The van der Waals surface area contributed by atoms with E-state index in [1.54, 1.807) is 0 Å². The lowest BCUT2D eigenvalue weighted by Crippen LogP contribution is -2.22. The van der Waals surface area contributed by atoms with Gasteiger partial charge in [0.05, 0.1) is 0 Å². The average molecular weight is 339 g/mol. The molecule has 0 amide bonds. The minimum atomic E-state index is 0.529. The maximum absolute atomic E-state index is 3.74. The highest BCUT2D eigenvalue weighted by Crippen LogP contribution is 2.26. The van der Waals surface area contributed by atoms with Gasteiger partial charge in [-0.25, -0.2) is 0 Å². The van der Waals surface area contributed by atoms with Crippen LogP contribution in [0.3, 0.4) is 0 Å². The highest BCUT2D eigenvalue weighted by Gasteiger charge is 2.26. The van der Waals surface area contributed by atoms with Crippen molar-refractivity contribution in [2.24, 2.45) is 11.8 Å². The maximum atomic E-state index is 3.74. The lowest BCUT2D eigenvalue weighted by Gasteiger charge is -2.17. The SMILES string of the molecule is CC(C)NCc1ccc(CN2CC(C)C(C)C2)c(Br)c1. The summed E-state index contributed by atoms with van der Waals surface area (Å²) < 4.78 is 1.24. The summed E-state index contributed by atoms with van der Waals surface area (Å²) in [6.45, 7) is 13.5. The molecule has 1 aromatic rings. The van der Waals surface area contributed by atoms with Gasteiger partial charge in [-0.3, -0.25) is 4.90 Å². The maximum Gasteiger partial charge on any atom is 0.0245 e. The Labute approximate surface area is 132 Å². The van der Waals surface area contributed by atoms with E-state index in [2.05, 4.69) is 72.0 Å². The summed E-state index contributed by atoms with van der Waals surface area (Å²) in [5.74, 6) is 1.64. The largest absolute Gasteiger partial charge is 0.310 e. The van der Waals surface area contributed by atoms with Crippen molar-refractivity contribution in [3.8, 4) is 0 Å². The Bertz CT molecular complexity index is 435. The van der Waals surface area contributed by atoms with Crippen LogP contribution in [0.15, 0.2) is 22.7 Å². The Morgan fingerprint density at radius 1 is 1.25 bits per heavy atom. The number of hydrogen-bond donors (Lipinski definition) is 1. The molecule has 0 aromatic heterocycles.